The lowest BCUT2D eigenvalue weighted by Gasteiger charge is -2.01. The second kappa shape index (κ2) is 3.26. The van der Waals surface area contributed by atoms with Gasteiger partial charge in [0.15, 0.2) is 0 Å². The van der Waals surface area contributed by atoms with E-state index in [4.69, 9.17) is 11.6 Å². The van der Waals surface area contributed by atoms with Gasteiger partial charge < -0.3 is 0 Å². The molecule has 1 atom stereocenters. The van der Waals surface area contributed by atoms with Crippen LogP contribution in [0.1, 0.15) is 31.9 Å². The van der Waals surface area contributed by atoms with Crippen molar-refractivity contribution in [1.82, 2.24) is 9.78 Å². The minimum Gasteiger partial charge on any atom is -0.257 e. The Morgan fingerprint density at radius 1 is 1.73 bits per heavy atom. The van der Waals surface area contributed by atoms with Gasteiger partial charge in [0.2, 0.25) is 0 Å². The number of rotatable bonds is 2. The molecule has 1 heterocycles. The van der Waals surface area contributed by atoms with Crippen LogP contribution in [-0.2, 0) is 7.05 Å². The molecular weight excluding hydrogens is 160 g/mol. The zero-order chi connectivity index (χ0) is 8.43. The van der Waals surface area contributed by atoms with Gasteiger partial charge in [0.25, 0.3) is 0 Å². The SMILES string of the molecule is CCC(C)c1cc(Cl)n(C)n1. The lowest BCUT2D eigenvalue weighted by Crippen LogP contribution is -1.95. The summed E-state index contributed by atoms with van der Waals surface area (Å²) >= 11 is 5.83. The maximum atomic E-state index is 5.83. The highest BCUT2D eigenvalue weighted by atomic mass is 35.5. The lowest BCUT2D eigenvalue weighted by molar-refractivity contribution is 0.666. The van der Waals surface area contributed by atoms with E-state index < -0.39 is 0 Å². The molecule has 0 saturated heterocycles. The fraction of sp³-hybridized carbons (Fsp3) is 0.625. The van der Waals surface area contributed by atoms with E-state index in [9.17, 15) is 0 Å². The summed E-state index contributed by atoms with van der Waals surface area (Å²) in [7, 11) is 1.86. The first-order valence-electron chi connectivity index (χ1n) is 3.84. The van der Waals surface area contributed by atoms with Crippen LogP contribution in [0.25, 0.3) is 0 Å². The quantitative estimate of drug-likeness (QED) is 0.671. The Labute approximate surface area is 72.2 Å². The predicted molar refractivity (Wildman–Crippen MR) is 46.9 cm³/mol. The summed E-state index contributed by atoms with van der Waals surface area (Å²) in [4.78, 5) is 0. The van der Waals surface area contributed by atoms with E-state index in [2.05, 4.69) is 18.9 Å². The maximum absolute atomic E-state index is 5.83. The van der Waals surface area contributed by atoms with Gasteiger partial charge in [-0.25, -0.2) is 0 Å². The third-order valence-electron chi connectivity index (χ3n) is 1.96. The lowest BCUT2D eigenvalue weighted by atomic mass is 10.1. The minimum absolute atomic E-state index is 0.508. The first kappa shape index (κ1) is 8.60. The van der Waals surface area contributed by atoms with E-state index in [-0.39, 0.29) is 0 Å². The van der Waals surface area contributed by atoms with Crippen molar-refractivity contribution in [3.8, 4) is 0 Å². The molecular formula is C8H13ClN2. The molecule has 1 rings (SSSR count). The minimum atomic E-state index is 0.508. The van der Waals surface area contributed by atoms with Gasteiger partial charge in [0.1, 0.15) is 5.15 Å². The third-order valence-corrected chi connectivity index (χ3v) is 2.31. The molecule has 0 radical (unpaired) electrons. The van der Waals surface area contributed by atoms with Gasteiger partial charge >= 0.3 is 0 Å². The van der Waals surface area contributed by atoms with E-state index in [1.165, 1.54) is 0 Å². The molecule has 1 aromatic heterocycles. The molecule has 0 bridgehead atoms. The Kier molecular flexibility index (Phi) is 2.55. The van der Waals surface area contributed by atoms with Crippen LogP contribution in [0.5, 0.6) is 0 Å². The topological polar surface area (TPSA) is 17.8 Å². The van der Waals surface area contributed by atoms with Crippen molar-refractivity contribution in [2.45, 2.75) is 26.2 Å². The molecule has 3 heteroatoms. The number of hydrogen-bond donors (Lipinski definition) is 0. The molecule has 11 heavy (non-hydrogen) atoms. The van der Waals surface area contributed by atoms with E-state index >= 15 is 0 Å². The molecule has 0 saturated carbocycles. The molecule has 0 N–H and O–H groups in total. The summed E-state index contributed by atoms with van der Waals surface area (Å²) in [5.74, 6) is 0.508. The fourth-order valence-corrected chi connectivity index (χ4v) is 1.06. The molecule has 0 amide bonds. The summed E-state index contributed by atoms with van der Waals surface area (Å²) in [6.07, 6.45) is 1.10. The number of aryl methyl sites for hydroxylation is 1. The normalized spacial score (nSPS) is 13.5. The van der Waals surface area contributed by atoms with Gasteiger partial charge in [-0.1, -0.05) is 25.4 Å². The smallest absolute Gasteiger partial charge is 0.126 e. The summed E-state index contributed by atoms with van der Waals surface area (Å²) < 4.78 is 1.70. The van der Waals surface area contributed by atoms with Crippen molar-refractivity contribution >= 4 is 11.6 Å². The zero-order valence-electron chi connectivity index (χ0n) is 7.13. The molecule has 0 fully saturated rings. The number of aromatic nitrogens is 2. The number of hydrogen-bond acceptors (Lipinski definition) is 1. The van der Waals surface area contributed by atoms with Crippen LogP contribution in [0, 0.1) is 0 Å². The summed E-state index contributed by atoms with van der Waals surface area (Å²) in [5, 5.41) is 4.97. The van der Waals surface area contributed by atoms with E-state index in [1.807, 2.05) is 13.1 Å². The molecule has 0 aliphatic rings. The van der Waals surface area contributed by atoms with Crippen LogP contribution in [0.3, 0.4) is 0 Å². The number of nitrogens with zero attached hydrogens (tertiary/aromatic N) is 2. The van der Waals surface area contributed by atoms with Crippen LogP contribution < -0.4 is 0 Å². The molecule has 1 unspecified atom stereocenters. The average Bonchev–Trinajstić information content (AvgIpc) is 2.31. The first-order chi connectivity index (χ1) is 5.15. The summed E-state index contributed by atoms with van der Waals surface area (Å²) in [5.41, 5.74) is 1.08. The van der Waals surface area contributed by atoms with E-state index in [0.29, 0.717) is 11.1 Å². The molecule has 0 aliphatic heterocycles. The third kappa shape index (κ3) is 1.74. The van der Waals surface area contributed by atoms with Crippen LogP contribution in [-0.4, -0.2) is 9.78 Å². The van der Waals surface area contributed by atoms with Crippen molar-refractivity contribution in [2.24, 2.45) is 7.05 Å². The van der Waals surface area contributed by atoms with Crippen molar-refractivity contribution < 1.29 is 0 Å². The van der Waals surface area contributed by atoms with Crippen molar-refractivity contribution in [1.29, 1.82) is 0 Å². The highest BCUT2D eigenvalue weighted by Gasteiger charge is 2.08. The van der Waals surface area contributed by atoms with Gasteiger partial charge in [-0.15, -0.1) is 0 Å². The summed E-state index contributed by atoms with van der Waals surface area (Å²) in [6, 6.07) is 1.93. The van der Waals surface area contributed by atoms with Crippen LogP contribution in [0.15, 0.2) is 6.07 Å². The second-order valence-electron chi connectivity index (χ2n) is 2.82. The van der Waals surface area contributed by atoms with Gasteiger partial charge in [-0.2, -0.15) is 5.10 Å². The summed E-state index contributed by atoms with van der Waals surface area (Å²) in [6.45, 7) is 4.30. The second-order valence-corrected chi connectivity index (χ2v) is 3.21. The Balaban J connectivity index is 2.88. The van der Waals surface area contributed by atoms with Crippen molar-refractivity contribution in [3.63, 3.8) is 0 Å². The average molecular weight is 173 g/mol. The highest BCUT2D eigenvalue weighted by molar-refractivity contribution is 6.29. The Bertz CT molecular complexity index is 223. The molecule has 1 aromatic rings. The maximum Gasteiger partial charge on any atom is 0.126 e. The molecule has 0 aliphatic carbocycles. The van der Waals surface area contributed by atoms with Gasteiger partial charge in [-0.3, -0.25) is 4.68 Å². The molecule has 0 spiro atoms. The molecule has 62 valence electrons. The van der Waals surface area contributed by atoms with Crippen molar-refractivity contribution in [2.75, 3.05) is 0 Å². The molecule has 2 nitrogen and oxygen atoms in total. The van der Waals surface area contributed by atoms with Crippen molar-refractivity contribution in [3.05, 3.63) is 16.9 Å². The van der Waals surface area contributed by atoms with Gasteiger partial charge in [0.05, 0.1) is 5.69 Å². The van der Waals surface area contributed by atoms with E-state index in [1.54, 1.807) is 4.68 Å². The Morgan fingerprint density at radius 2 is 2.36 bits per heavy atom. The Morgan fingerprint density at radius 3 is 2.73 bits per heavy atom. The largest absolute Gasteiger partial charge is 0.257 e. The van der Waals surface area contributed by atoms with Gasteiger partial charge in [0, 0.05) is 13.0 Å². The molecule has 0 aromatic carbocycles. The predicted octanol–water partition coefficient (Wildman–Crippen LogP) is 2.59. The zero-order valence-corrected chi connectivity index (χ0v) is 7.89. The van der Waals surface area contributed by atoms with Crippen LogP contribution in [0.2, 0.25) is 5.15 Å². The fourth-order valence-electron chi connectivity index (χ4n) is 0.915. The monoisotopic (exact) mass is 172 g/mol. The Hall–Kier alpha value is -0.500. The van der Waals surface area contributed by atoms with Crippen LogP contribution >= 0.6 is 11.6 Å². The highest BCUT2D eigenvalue weighted by Crippen LogP contribution is 2.19. The number of halogens is 1. The van der Waals surface area contributed by atoms with Gasteiger partial charge in [-0.05, 0) is 12.5 Å². The van der Waals surface area contributed by atoms with Crippen LogP contribution in [0.4, 0.5) is 0 Å². The van der Waals surface area contributed by atoms with E-state index in [0.717, 1.165) is 12.1 Å². The standard InChI is InChI=1S/C8H13ClN2/c1-4-6(2)7-5-8(9)11(3)10-7/h5-6H,4H2,1-3H3. The first-order valence-corrected chi connectivity index (χ1v) is 4.22.